The lowest BCUT2D eigenvalue weighted by Crippen LogP contribution is -2.70. The van der Waals surface area contributed by atoms with E-state index >= 15 is 0 Å². The summed E-state index contributed by atoms with van der Waals surface area (Å²) in [5.41, 5.74) is -2.13. The van der Waals surface area contributed by atoms with Crippen LogP contribution in [-0.2, 0) is 28.4 Å². The van der Waals surface area contributed by atoms with Gasteiger partial charge in [0.2, 0.25) is 0 Å². The Labute approximate surface area is 326 Å². The summed E-state index contributed by atoms with van der Waals surface area (Å²) in [6, 6.07) is 0. The molecule has 55 heavy (non-hydrogen) atoms. The molecule has 0 aromatic carbocycles. The summed E-state index contributed by atoms with van der Waals surface area (Å²) in [5.74, 6) is 0.0195. The third-order valence-electron chi connectivity index (χ3n) is 15.9. The third-order valence-corrected chi connectivity index (χ3v) is 15.9. The second kappa shape index (κ2) is 17.2. The molecule has 0 aromatic rings. The molecule has 0 bridgehead atoms. The van der Waals surface area contributed by atoms with Crippen molar-refractivity contribution < 1.29 is 69.3 Å². The lowest BCUT2D eigenvalue weighted by Gasteiger charge is -2.66. The molecule has 2 heterocycles. The second-order valence-corrected chi connectivity index (χ2v) is 19.1. The molecule has 6 aliphatic rings. The van der Waals surface area contributed by atoms with Crippen molar-refractivity contribution in [2.24, 2.45) is 52.3 Å². The molecule has 6 fully saturated rings. The monoisotopic (exact) mass is 788 g/mol. The Hall–Kier alpha value is -0.560. The van der Waals surface area contributed by atoms with Gasteiger partial charge in [-0.25, -0.2) is 0 Å². The minimum Gasteiger partial charge on any atom is -0.394 e. The van der Waals surface area contributed by atoms with E-state index < -0.39 is 97.2 Å². The highest BCUT2D eigenvalue weighted by Gasteiger charge is 2.71. The fourth-order valence-corrected chi connectivity index (χ4v) is 13.0. The van der Waals surface area contributed by atoms with E-state index in [1.165, 1.54) is 14.2 Å². The van der Waals surface area contributed by atoms with Gasteiger partial charge in [-0.1, -0.05) is 41.0 Å². The summed E-state index contributed by atoms with van der Waals surface area (Å²) < 4.78 is 34.7. The van der Waals surface area contributed by atoms with Crippen molar-refractivity contribution in [2.45, 2.75) is 172 Å². The van der Waals surface area contributed by atoms with Gasteiger partial charge in [0.25, 0.3) is 0 Å². The number of aliphatic hydroxyl groups is 8. The first-order valence-electron chi connectivity index (χ1n) is 21.0. The van der Waals surface area contributed by atoms with Crippen LogP contribution in [0.4, 0.5) is 0 Å². The minimum atomic E-state index is -1.27. The van der Waals surface area contributed by atoms with Crippen LogP contribution in [0.1, 0.15) is 92.4 Å². The lowest BCUT2D eigenvalue weighted by molar-refractivity contribution is -0.309. The average molecular weight is 789 g/mol. The molecule has 0 aromatic heterocycles. The van der Waals surface area contributed by atoms with Gasteiger partial charge in [-0.05, 0) is 85.4 Å². The Balaban J connectivity index is 1.07. The third kappa shape index (κ3) is 7.82. The summed E-state index contributed by atoms with van der Waals surface area (Å²) in [6.45, 7) is 10.9. The zero-order chi connectivity index (χ0) is 40.2. The first-order chi connectivity index (χ1) is 26.0. The minimum absolute atomic E-state index is 0.0656. The van der Waals surface area contributed by atoms with Crippen molar-refractivity contribution in [1.82, 2.24) is 0 Å². The number of aliphatic hydroxyl groups excluding tert-OH is 7. The normalized spacial score (nSPS) is 51.1. The summed E-state index contributed by atoms with van der Waals surface area (Å²) >= 11 is 0. The highest BCUT2D eigenvalue weighted by molar-refractivity contribution is 5.21. The van der Waals surface area contributed by atoms with Crippen LogP contribution < -0.4 is 0 Å². The molecule has 14 nitrogen and oxygen atoms in total. The molecule has 0 amide bonds. The van der Waals surface area contributed by atoms with Crippen LogP contribution in [-0.4, -0.2) is 154 Å². The van der Waals surface area contributed by atoms with Crippen molar-refractivity contribution in [3.05, 3.63) is 0 Å². The van der Waals surface area contributed by atoms with Crippen molar-refractivity contribution in [1.29, 1.82) is 0 Å². The molecule has 4 aliphatic carbocycles. The van der Waals surface area contributed by atoms with Crippen LogP contribution in [0.2, 0.25) is 0 Å². The number of methoxy groups -OCH3 is 2. The first kappa shape index (κ1) is 44.0. The van der Waals surface area contributed by atoms with E-state index in [2.05, 4.69) is 34.6 Å². The van der Waals surface area contributed by atoms with Gasteiger partial charge in [-0.15, -0.1) is 0 Å². The van der Waals surface area contributed by atoms with Gasteiger partial charge in [0.15, 0.2) is 12.6 Å². The summed E-state index contributed by atoms with van der Waals surface area (Å²) in [5, 5.41) is 88.9. The Bertz CT molecular complexity index is 1260. The van der Waals surface area contributed by atoms with Gasteiger partial charge in [0, 0.05) is 32.5 Å². The molecule has 8 N–H and O–H groups in total. The number of rotatable bonds is 14. The van der Waals surface area contributed by atoms with Crippen LogP contribution in [0.3, 0.4) is 0 Å². The predicted molar refractivity (Wildman–Crippen MR) is 198 cm³/mol. The molecule has 2 saturated heterocycles. The highest BCUT2D eigenvalue weighted by Crippen LogP contribution is 2.70. The molecular weight excluding hydrogens is 716 g/mol. The van der Waals surface area contributed by atoms with Gasteiger partial charge >= 0.3 is 0 Å². The van der Waals surface area contributed by atoms with Crippen LogP contribution in [0.5, 0.6) is 0 Å². The van der Waals surface area contributed by atoms with Gasteiger partial charge in [-0.2, -0.15) is 0 Å². The molecule has 14 heteroatoms. The molecule has 4 saturated carbocycles. The zero-order valence-electron chi connectivity index (χ0n) is 34.0. The zero-order valence-corrected chi connectivity index (χ0v) is 34.0. The van der Waals surface area contributed by atoms with Crippen molar-refractivity contribution in [3.8, 4) is 0 Å². The average Bonchev–Trinajstić information content (AvgIpc) is 3.59. The van der Waals surface area contributed by atoms with Crippen molar-refractivity contribution in [2.75, 3.05) is 34.0 Å². The molecular formula is C41H72O14. The van der Waals surface area contributed by atoms with Gasteiger partial charge in [0.1, 0.15) is 36.6 Å². The first-order valence-corrected chi connectivity index (χ1v) is 21.0. The van der Waals surface area contributed by atoms with E-state index in [4.69, 9.17) is 28.4 Å². The predicted octanol–water partition coefficient (Wildman–Crippen LogP) is 1.34. The van der Waals surface area contributed by atoms with Crippen LogP contribution in [0, 0.1) is 52.3 Å². The molecule has 6 rings (SSSR count). The standard InChI is InChI=1S/C41H72O14/c1-20(2)22(12-15-52-38-35(32(47)27(18-42)54-38)55-37-34(51-7)33(48)28(50-6)19-53-37)9-8-21(3)23-16-25(44)36-39(23,4)14-11-29-40(5)13-10-24(43)31(46)30(40)26(45)17-41(29,36)49/h20-38,42-49H,8-19H2,1-7H3/t21-,22-,23-,24+,25-,26+,27+,28-,29-,30+,31+,32+,33+,34-,35-,36-,37+,38-,39-,40-,41+/m1/s1. The second-order valence-electron chi connectivity index (χ2n) is 19.1. The maximum Gasteiger partial charge on any atom is 0.187 e. The van der Waals surface area contributed by atoms with Gasteiger partial charge in [0.05, 0.1) is 49.8 Å². The molecule has 2 aliphatic heterocycles. The molecule has 0 radical (unpaired) electrons. The van der Waals surface area contributed by atoms with E-state index in [0.717, 1.165) is 32.1 Å². The number of hydrogen-bond donors (Lipinski definition) is 8. The summed E-state index contributed by atoms with van der Waals surface area (Å²) in [7, 11) is 2.90. The van der Waals surface area contributed by atoms with Crippen molar-refractivity contribution in [3.63, 3.8) is 0 Å². The van der Waals surface area contributed by atoms with Crippen LogP contribution in [0.15, 0.2) is 0 Å². The van der Waals surface area contributed by atoms with E-state index in [0.29, 0.717) is 37.7 Å². The quantitative estimate of drug-likeness (QED) is 0.125. The summed E-state index contributed by atoms with van der Waals surface area (Å²) in [4.78, 5) is 0. The fraction of sp³-hybridized carbons (Fsp3) is 1.00. The topological polar surface area (TPSA) is 217 Å². The van der Waals surface area contributed by atoms with E-state index in [1.54, 1.807) is 0 Å². The lowest BCUT2D eigenvalue weighted by atomic mass is 9.41. The number of hydrogen-bond acceptors (Lipinski definition) is 14. The Morgan fingerprint density at radius 1 is 0.782 bits per heavy atom. The number of fused-ring (bicyclic) bond motifs is 5. The maximum atomic E-state index is 12.7. The van der Waals surface area contributed by atoms with E-state index in [9.17, 15) is 40.9 Å². The van der Waals surface area contributed by atoms with Crippen LogP contribution in [0.25, 0.3) is 0 Å². The smallest absolute Gasteiger partial charge is 0.187 e. The fourth-order valence-electron chi connectivity index (χ4n) is 13.0. The maximum absolute atomic E-state index is 12.7. The Kier molecular flexibility index (Phi) is 13.8. The Morgan fingerprint density at radius 3 is 2.15 bits per heavy atom. The molecule has 0 spiro atoms. The van der Waals surface area contributed by atoms with Crippen molar-refractivity contribution >= 4 is 0 Å². The van der Waals surface area contributed by atoms with Gasteiger partial charge < -0.3 is 69.3 Å². The highest BCUT2D eigenvalue weighted by atomic mass is 16.8. The Morgan fingerprint density at radius 2 is 1.49 bits per heavy atom. The largest absolute Gasteiger partial charge is 0.394 e. The molecule has 320 valence electrons. The molecule has 0 unspecified atom stereocenters. The summed E-state index contributed by atoms with van der Waals surface area (Å²) in [6.07, 6.45) is -5.27. The van der Waals surface area contributed by atoms with E-state index in [1.807, 2.05) is 0 Å². The number of ether oxygens (including phenoxy) is 6. The van der Waals surface area contributed by atoms with E-state index in [-0.39, 0.29) is 42.1 Å². The molecule has 21 atom stereocenters. The SMILES string of the molecule is CO[C@H]1[C@H](O[C@H]2[C@H](OCC[C@@H](CC[C@@H](C)[C@H]3C[C@@H](O)[C@@H]4[C@]3(C)CC[C@@H]3[C@@]5(C)CC[C@H](O)[C@H](O)[C@@H]5[C@@H](O)C[C@]34O)C(C)C)O[C@@H](CO)[C@@H]2O)OC[C@@H](OC)[C@@H]1O. The van der Waals surface area contributed by atoms with Gasteiger partial charge in [-0.3, -0.25) is 0 Å². The van der Waals surface area contributed by atoms with Crippen LogP contribution >= 0.6 is 0 Å².